The maximum atomic E-state index is 12.3. The van der Waals surface area contributed by atoms with E-state index in [9.17, 15) is 13.2 Å². The van der Waals surface area contributed by atoms with E-state index in [1.54, 1.807) is 0 Å². The molecule has 3 aromatic carbocycles. The molecule has 0 spiro atoms. The number of rotatable bonds is 8. The molecule has 0 saturated heterocycles. The standard InChI is InChI=1S/C21H20Cl2N2O4S/c1-30(27,28)25(20-13-17(22)7-9-19(20)23)14-21(26)24-10-11-29-18-8-6-15-4-2-3-5-16(15)12-18/h2-9,12-13H,10-11,14H2,1H3,(H,24,26). The molecule has 0 radical (unpaired) electrons. The molecule has 0 heterocycles. The lowest BCUT2D eigenvalue weighted by Gasteiger charge is -2.23. The predicted molar refractivity (Wildman–Crippen MR) is 121 cm³/mol. The Kier molecular flexibility index (Phi) is 7.07. The fraction of sp³-hybridized carbons (Fsp3) is 0.190. The van der Waals surface area contributed by atoms with E-state index in [1.165, 1.54) is 18.2 Å². The summed E-state index contributed by atoms with van der Waals surface area (Å²) in [5, 5.41) is 5.31. The van der Waals surface area contributed by atoms with Crippen molar-refractivity contribution < 1.29 is 17.9 Å². The molecule has 0 atom stereocenters. The summed E-state index contributed by atoms with van der Waals surface area (Å²) in [5.74, 6) is 0.199. The summed E-state index contributed by atoms with van der Waals surface area (Å²) >= 11 is 12.0. The first-order valence-electron chi connectivity index (χ1n) is 9.05. The number of sulfonamides is 1. The lowest BCUT2D eigenvalue weighted by atomic mass is 10.1. The van der Waals surface area contributed by atoms with E-state index in [1.807, 2.05) is 42.5 Å². The lowest BCUT2D eigenvalue weighted by Crippen LogP contribution is -2.41. The van der Waals surface area contributed by atoms with Crippen LogP contribution in [0.3, 0.4) is 0 Å². The van der Waals surface area contributed by atoms with Crippen LogP contribution in [0.25, 0.3) is 10.8 Å². The minimum atomic E-state index is -3.75. The second-order valence-corrected chi connectivity index (χ2v) is 9.32. The van der Waals surface area contributed by atoms with Crippen LogP contribution < -0.4 is 14.4 Å². The molecule has 6 nitrogen and oxygen atoms in total. The van der Waals surface area contributed by atoms with E-state index in [-0.39, 0.29) is 23.9 Å². The number of ether oxygens (including phenoxy) is 1. The molecular weight excluding hydrogens is 447 g/mol. The number of hydrogen-bond donors (Lipinski definition) is 1. The number of anilines is 1. The molecule has 0 aliphatic rings. The molecule has 1 N–H and O–H groups in total. The van der Waals surface area contributed by atoms with Gasteiger partial charge in [0.15, 0.2) is 0 Å². The molecular formula is C21H20Cl2N2O4S. The number of carbonyl (C=O) groups excluding carboxylic acids is 1. The first-order valence-corrected chi connectivity index (χ1v) is 11.7. The minimum absolute atomic E-state index is 0.147. The molecule has 0 aromatic heterocycles. The van der Waals surface area contributed by atoms with Crippen molar-refractivity contribution in [2.75, 3.05) is 30.3 Å². The number of nitrogens with zero attached hydrogens (tertiary/aromatic N) is 1. The van der Waals surface area contributed by atoms with E-state index in [0.717, 1.165) is 21.3 Å². The quantitative estimate of drug-likeness (QED) is 0.506. The number of fused-ring (bicyclic) bond motifs is 1. The van der Waals surface area contributed by atoms with Gasteiger partial charge >= 0.3 is 0 Å². The lowest BCUT2D eigenvalue weighted by molar-refractivity contribution is -0.119. The van der Waals surface area contributed by atoms with Gasteiger partial charge in [-0.3, -0.25) is 9.10 Å². The second kappa shape index (κ2) is 9.55. The Morgan fingerprint density at radius 1 is 1.03 bits per heavy atom. The number of benzene rings is 3. The molecule has 3 aromatic rings. The molecule has 0 aliphatic carbocycles. The van der Waals surface area contributed by atoms with E-state index in [2.05, 4.69) is 5.32 Å². The summed E-state index contributed by atoms with van der Waals surface area (Å²) in [6.45, 7) is 0.0300. The smallest absolute Gasteiger partial charge is 0.240 e. The van der Waals surface area contributed by atoms with Crippen molar-refractivity contribution in [2.45, 2.75) is 0 Å². The van der Waals surface area contributed by atoms with Gasteiger partial charge in [0, 0.05) is 5.02 Å². The zero-order chi connectivity index (χ0) is 21.7. The van der Waals surface area contributed by atoms with E-state index in [4.69, 9.17) is 27.9 Å². The molecule has 0 fully saturated rings. The second-order valence-electron chi connectivity index (χ2n) is 6.57. The third-order valence-electron chi connectivity index (χ3n) is 4.28. The van der Waals surface area contributed by atoms with Crippen molar-refractivity contribution in [3.63, 3.8) is 0 Å². The summed E-state index contributed by atoms with van der Waals surface area (Å²) in [6, 6.07) is 18.1. The van der Waals surface area contributed by atoms with Crippen LogP contribution in [0.1, 0.15) is 0 Å². The Morgan fingerprint density at radius 2 is 1.77 bits per heavy atom. The van der Waals surface area contributed by atoms with Crippen LogP contribution >= 0.6 is 23.2 Å². The van der Waals surface area contributed by atoms with Gasteiger partial charge < -0.3 is 10.1 Å². The monoisotopic (exact) mass is 466 g/mol. The highest BCUT2D eigenvalue weighted by Crippen LogP contribution is 2.30. The Bertz CT molecular complexity index is 1170. The normalized spacial score (nSPS) is 11.3. The maximum absolute atomic E-state index is 12.3. The highest BCUT2D eigenvalue weighted by Gasteiger charge is 2.23. The number of nitrogens with one attached hydrogen (secondary N) is 1. The SMILES string of the molecule is CS(=O)(=O)N(CC(=O)NCCOc1ccc2ccccc2c1)c1cc(Cl)ccc1Cl. The zero-order valence-corrected chi connectivity index (χ0v) is 18.5. The van der Waals surface area contributed by atoms with Gasteiger partial charge in [-0.2, -0.15) is 0 Å². The topological polar surface area (TPSA) is 75.7 Å². The van der Waals surface area contributed by atoms with Crippen LogP contribution in [0, 0.1) is 0 Å². The van der Waals surface area contributed by atoms with Gasteiger partial charge in [-0.25, -0.2) is 8.42 Å². The third-order valence-corrected chi connectivity index (χ3v) is 5.96. The van der Waals surface area contributed by atoms with Crippen LogP contribution in [-0.4, -0.2) is 40.3 Å². The summed E-state index contributed by atoms with van der Waals surface area (Å²) in [4.78, 5) is 12.3. The van der Waals surface area contributed by atoms with E-state index < -0.39 is 22.5 Å². The first-order chi connectivity index (χ1) is 14.2. The largest absolute Gasteiger partial charge is 0.492 e. The third kappa shape index (κ3) is 5.78. The Balaban J connectivity index is 1.57. The zero-order valence-electron chi connectivity index (χ0n) is 16.1. The minimum Gasteiger partial charge on any atom is -0.492 e. The maximum Gasteiger partial charge on any atom is 0.240 e. The predicted octanol–water partition coefficient (Wildman–Crippen LogP) is 4.11. The van der Waals surface area contributed by atoms with Crippen molar-refractivity contribution in [3.8, 4) is 5.75 Å². The fourth-order valence-electron chi connectivity index (χ4n) is 2.86. The number of carbonyl (C=O) groups is 1. The van der Waals surface area contributed by atoms with Crippen molar-refractivity contribution in [2.24, 2.45) is 0 Å². The molecule has 1 amide bonds. The molecule has 158 valence electrons. The Labute approximate surface area is 185 Å². The highest BCUT2D eigenvalue weighted by atomic mass is 35.5. The molecule has 0 bridgehead atoms. The molecule has 0 aliphatic heterocycles. The average molecular weight is 467 g/mol. The van der Waals surface area contributed by atoms with Crippen LogP contribution in [0.5, 0.6) is 5.75 Å². The average Bonchev–Trinajstić information content (AvgIpc) is 2.70. The fourth-order valence-corrected chi connectivity index (χ4v) is 4.16. The summed E-state index contributed by atoms with van der Waals surface area (Å²) in [6.07, 6.45) is 1.00. The van der Waals surface area contributed by atoms with Crippen molar-refractivity contribution >= 4 is 55.6 Å². The van der Waals surface area contributed by atoms with Crippen molar-refractivity contribution in [1.29, 1.82) is 0 Å². The van der Waals surface area contributed by atoms with Gasteiger partial charge in [-0.15, -0.1) is 0 Å². The van der Waals surface area contributed by atoms with E-state index >= 15 is 0 Å². The summed E-state index contributed by atoms with van der Waals surface area (Å²) in [5.41, 5.74) is 0.147. The number of halogens is 2. The van der Waals surface area contributed by atoms with Gasteiger partial charge in [0.2, 0.25) is 15.9 Å². The van der Waals surface area contributed by atoms with Crippen LogP contribution in [-0.2, 0) is 14.8 Å². The van der Waals surface area contributed by atoms with Crippen LogP contribution in [0.2, 0.25) is 10.0 Å². The van der Waals surface area contributed by atoms with Gasteiger partial charge in [0.1, 0.15) is 18.9 Å². The van der Waals surface area contributed by atoms with Crippen molar-refractivity contribution in [1.82, 2.24) is 5.32 Å². The van der Waals surface area contributed by atoms with Gasteiger partial charge in [-0.05, 0) is 41.1 Å². The van der Waals surface area contributed by atoms with Gasteiger partial charge in [-0.1, -0.05) is 53.5 Å². The van der Waals surface area contributed by atoms with Crippen molar-refractivity contribution in [3.05, 3.63) is 70.7 Å². The van der Waals surface area contributed by atoms with Gasteiger partial charge in [0.25, 0.3) is 0 Å². The Hall–Kier alpha value is -2.48. The van der Waals surface area contributed by atoms with Crippen LogP contribution in [0.4, 0.5) is 5.69 Å². The van der Waals surface area contributed by atoms with Gasteiger partial charge in [0.05, 0.1) is 23.5 Å². The highest BCUT2D eigenvalue weighted by molar-refractivity contribution is 7.92. The summed E-state index contributed by atoms with van der Waals surface area (Å²) < 4.78 is 30.9. The Morgan fingerprint density at radius 3 is 2.50 bits per heavy atom. The van der Waals surface area contributed by atoms with E-state index in [0.29, 0.717) is 10.8 Å². The molecule has 9 heteroatoms. The first kappa shape index (κ1) is 22.2. The molecule has 3 rings (SSSR count). The number of hydrogen-bond acceptors (Lipinski definition) is 4. The molecule has 30 heavy (non-hydrogen) atoms. The molecule has 0 unspecified atom stereocenters. The van der Waals surface area contributed by atoms with Crippen LogP contribution in [0.15, 0.2) is 60.7 Å². The molecule has 0 saturated carbocycles. The number of amides is 1. The summed E-state index contributed by atoms with van der Waals surface area (Å²) in [7, 11) is -3.75.